The standard InChI is InChI=1S/C25H26N6O3.C22H25N5O3.C21H25N5O3/c1-2-20(32)30-12-10-25(15-30)13-17(14-25)31-23(26)21(24(27)33)22(29-31)16-6-8-18(9-7-16)34-19-5-3-4-11-28-19;1-3-4-17(28)26-10-9-22(13-26)11-15(12-22)27-20(23)18(21(24)29)19(25-27)14-5-7-16(30-2)8-6-14;1-3-16(27)25-9-8-21(12-25)10-14(11-21)26-19(22)17(20(23)28)18(24-26)13-4-6-15(29-2)7-5-13/h2-9,11,17H,1,10,12-15,26H2,(H2,27,33);5-8,15H,9-13,23H2,1-2H3,(H2,24,29);3-7,14H,1,8-12,22H2,2H3,(H2,23,28). The zero-order valence-corrected chi connectivity index (χ0v) is 52.3. The minimum Gasteiger partial charge on any atom is -0.497 e. The van der Waals surface area contributed by atoms with E-state index in [0.29, 0.717) is 64.7 Å². The van der Waals surface area contributed by atoms with Gasteiger partial charge < -0.3 is 63.3 Å². The molecule has 482 valence electrons. The number of hydrogen-bond acceptors (Lipinski definition) is 16. The van der Waals surface area contributed by atoms with E-state index in [1.165, 1.54) is 12.2 Å². The van der Waals surface area contributed by atoms with Crippen molar-refractivity contribution in [3.63, 3.8) is 0 Å². The van der Waals surface area contributed by atoms with Crippen LogP contribution >= 0.6 is 0 Å². The van der Waals surface area contributed by atoms with Crippen LogP contribution in [-0.4, -0.2) is 138 Å². The number of carbonyl (C=O) groups is 6. The molecule has 0 bridgehead atoms. The second kappa shape index (κ2) is 25.8. The van der Waals surface area contributed by atoms with Gasteiger partial charge in [0.15, 0.2) is 0 Å². The molecule has 25 heteroatoms. The summed E-state index contributed by atoms with van der Waals surface area (Å²) in [6, 6.07) is 27.4. The summed E-state index contributed by atoms with van der Waals surface area (Å²) in [5.74, 6) is 6.65. The van der Waals surface area contributed by atoms with Crippen LogP contribution in [-0.2, 0) is 14.4 Å². The SMILES string of the molecule is C=CC(=O)N1CCC2(CC(n3nc(-c4ccc(OC)cc4)c(C(N)=O)c3N)C2)C1.C=CC(=O)N1CCC2(CC(n3nc(-c4ccc(Oc5ccccn5)cc4)c(C(N)=O)c3N)C2)C1.CC#CC(=O)N1CCC2(CC(n3nc(-c4ccc(OC)cc4)c(C(N)=O)c3N)C2)C1. The molecule has 3 saturated carbocycles. The van der Waals surface area contributed by atoms with Crippen LogP contribution in [0, 0.1) is 28.1 Å². The summed E-state index contributed by atoms with van der Waals surface area (Å²) < 4.78 is 21.3. The number of hydrogen-bond donors (Lipinski definition) is 6. The average molecular weight is 1260 g/mol. The van der Waals surface area contributed by atoms with Crippen molar-refractivity contribution in [2.75, 3.05) is 70.7 Å². The third-order valence-corrected chi connectivity index (χ3v) is 19.2. The van der Waals surface area contributed by atoms with Crippen LogP contribution in [0.4, 0.5) is 17.5 Å². The number of primary amides is 3. The number of amides is 6. The number of nitrogens with zero attached hydrogens (tertiary/aromatic N) is 10. The van der Waals surface area contributed by atoms with E-state index in [0.717, 1.165) is 95.1 Å². The number of anilines is 3. The van der Waals surface area contributed by atoms with Gasteiger partial charge in [0.05, 0.1) is 32.3 Å². The number of methoxy groups -OCH3 is 2. The number of likely N-dealkylation sites (tertiary alicyclic amines) is 3. The van der Waals surface area contributed by atoms with Gasteiger partial charge in [0.1, 0.15) is 68.5 Å². The molecule has 0 radical (unpaired) electrons. The molecule has 3 aromatic carbocycles. The molecule has 6 aliphatic rings. The van der Waals surface area contributed by atoms with Crippen LogP contribution in [0.3, 0.4) is 0 Å². The van der Waals surface area contributed by atoms with Crippen molar-refractivity contribution in [3.8, 4) is 68.7 Å². The Bertz CT molecular complexity index is 4110. The normalized spacial score (nSPS) is 22.2. The van der Waals surface area contributed by atoms with Gasteiger partial charge >= 0.3 is 0 Å². The van der Waals surface area contributed by atoms with Crippen LogP contribution in [0.25, 0.3) is 33.8 Å². The minimum absolute atomic E-state index is 0.0262. The summed E-state index contributed by atoms with van der Waals surface area (Å²) in [5, 5.41) is 14.0. The van der Waals surface area contributed by atoms with Crippen LogP contribution in [0.2, 0.25) is 0 Å². The monoisotopic (exact) mass is 1260 g/mol. The quantitative estimate of drug-likeness (QED) is 0.0446. The molecule has 3 saturated heterocycles. The molecule has 0 atom stereocenters. The lowest BCUT2D eigenvalue weighted by Gasteiger charge is -2.45. The van der Waals surface area contributed by atoms with Gasteiger partial charge in [-0.15, -0.1) is 0 Å². The maximum Gasteiger partial charge on any atom is 0.298 e. The Balaban J connectivity index is 0.000000143. The maximum atomic E-state index is 12.3. The Morgan fingerprint density at radius 3 is 1.17 bits per heavy atom. The molecule has 6 amide bonds. The fourth-order valence-electron chi connectivity index (χ4n) is 14.4. The highest BCUT2D eigenvalue weighted by atomic mass is 16.5. The fraction of sp³-hybridized carbons (Fsp3) is 0.353. The van der Waals surface area contributed by atoms with E-state index in [1.54, 1.807) is 83.9 Å². The Morgan fingerprint density at radius 2 is 0.860 bits per heavy atom. The van der Waals surface area contributed by atoms with Crippen molar-refractivity contribution in [2.45, 2.75) is 82.8 Å². The summed E-state index contributed by atoms with van der Waals surface area (Å²) in [6.45, 7) is 13.1. The van der Waals surface area contributed by atoms with E-state index in [9.17, 15) is 28.8 Å². The van der Waals surface area contributed by atoms with Gasteiger partial charge in [-0.3, -0.25) is 28.8 Å². The average Bonchev–Trinajstić information content (AvgIpc) is 1.63. The molecule has 4 aromatic heterocycles. The van der Waals surface area contributed by atoms with Crippen molar-refractivity contribution >= 4 is 52.9 Å². The van der Waals surface area contributed by atoms with Gasteiger partial charge in [-0.25, -0.2) is 19.0 Å². The molecule has 25 nitrogen and oxygen atoms in total. The van der Waals surface area contributed by atoms with Crippen molar-refractivity contribution in [3.05, 3.63) is 139 Å². The predicted molar refractivity (Wildman–Crippen MR) is 349 cm³/mol. The predicted octanol–water partition coefficient (Wildman–Crippen LogP) is 6.95. The van der Waals surface area contributed by atoms with E-state index >= 15 is 0 Å². The molecule has 6 fully saturated rings. The van der Waals surface area contributed by atoms with E-state index in [-0.39, 0.29) is 80.4 Å². The molecule has 3 aliphatic carbocycles. The van der Waals surface area contributed by atoms with Gasteiger partial charge in [0.2, 0.25) is 17.7 Å². The highest BCUT2D eigenvalue weighted by Gasteiger charge is 2.53. The van der Waals surface area contributed by atoms with E-state index in [2.05, 4.69) is 40.2 Å². The highest BCUT2D eigenvalue weighted by molar-refractivity contribution is 6.05. The lowest BCUT2D eigenvalue weighted by atomic mass is 9.65. The van der Waals surface area contributed by atoms with Crippen LogP contribution in [0.15, 0.2) is 123 Å². The number of nitrogen functional groups attached to an aromatic ring is 3. The fourth-order valence-corrected chi connectivity index (χ4v) is 14.4. The Labute approximate surface area is 537 Å². The van der Waals surface area contributed by atoms with Crippen molar-refractivity contribution < 1.29 is 43.0 Å². The van der Waals surface area contributed by atoms with Gasteiger partial charge in [-0.05, 0) is 178 Å². The van der Waals surface area contributed by atoms with Gasteiger partial charge in [-0.1, -0.05) is 25.1 Å². The van der Waals surface area contributed by atoms with Crippen molar-refractivity contribution in [2.24, 2.45) is 33.4 Å². The number of carbonyl (C=O) groups excluding carboxylic acids is 6. The summed E-state index contributed by atoms with van der Waals surface area (Å²) in [7, 11) is 3.19. The van der Waals surface area contributed by atoms with Gasteiger partial charge in [-0.2, -0.15) is 15.3 Å². The first kappa shape index (κ1) is 63.7. The maximum absolute atomic E-state index is 12.3. The molecule has 3 aliphatic heterocycles. The first-order chi connectivity index (χ1) is 44.6. The number of ether oxygens (including phenoxy) is 3. The molecule has 93 heavy (non-hydrogen) atoms. The topological polar surface area (TPSA) is 362 Å². The Kier molecular flexibility index (Phi) is 17.6. The first-order valence-electron chi connectivity index (χ1n) is 30.7. The summed E-state index contributed by atoms with van der Waals surface area (Å²) in [4.78, 5) is 82.0. The van der Waals surface area contributed by atoms with Crippen molar-refractivity contribution in [1.29, 1.82) is 0 Å². The third kappa shape index (κ3) is 12.5. The van der Waals surface area contributed by atoms with Crippen LogP contribution in [0.1, 0.15) is 114 Å². The summed E-state index contributed by atoms with van der Waals surface area (Å²) in [6.07, 6.45) is 12.3. The molecule has 12 N–H and O–H groups in total. The zero-order valence-electron chi connectivity index (χ0n) is 52.3. The molecule has 3 spiro atoms. The lowest BCUT2D eigenvalue weighted by molar-refractivity contribution is -0.126. The minimum atomic E-state index is -0.620. The number of benzene rings is 3. The molecular formula is C68H76N16O9. The summed E-state index contributed by atoms with van der Waals surface area (Å²) >= 11 is 0. The smallest absolute Gasteiger partial charge is 0.298 e. The van der Waals surface area contributed by atoms with Crippen LogP contribution < -0.4 is 48.6 Å². The number of rotatable bonds is 15. The second-order valence-corrected chi connectivity index (χ2v) is 25.0. The summed E-state index contributed by atoms with van der Waals surface area (Å²) in [5.41, 5.74) is 40.4. The molecule has 13 rings (SSSR count). The van der Waals surface area contributed by atoms with Crippen molar-refractivity contribution in [1.82, 2.24) is 49.0 Å². The van der Waals surface area contributed by atoms with E-state index in [4.69, 9.17) is 53.7 Å². The number of aromatic nitrogens is 7. The van der Waals surface area contributed by atoms with Gasteiger partial charge in [0, 0.05) is 68.2 Å². The zero-order chi connectivity index (χ0) is 66.1. The largest absolute Gasteiger partial charge is 0.497 e. The lowest BCUT2D eigenvalue weighted by Crippen LogP contribution is -2.42. The Morgan fingerprint density at radius 1 is 0.516 bits per heavy atom. The molecule has 7 aromatic rings. The number of pyridine rings is 1. The molecular weight excluding hydrogens is 1180 g/mol. The highest BCUT2D eigenvalue weighted by Crippen LogP contribution is 2.57. The molecule has 7 heterocycles. The van der Waals surface area contributed by atoms with E-state index in [1.807, 2.05) is 63.2 Å². The number of nitrogens with two attached hydrogens (primary N) is 6. The second-order valence-electron chi connectivity index (χ2n) is 25.0. The van der Waals surface area contributed by atoms with Crippen LogP contribution in [0.5, 0.6) is 23.1 Å². The molecule has 0 unspecified atom stereocenters. The van der Waals surface area contributed by atoms with Gasteiger partial charge in [0.25, 0.3) is 23.6 Å². The third-order valence-electron chi connectivity index (χ3n) is 19.2. The van der Waals surface area contributed by atoms with E-state index < -0.39 is 17.7 Å². The Hall–Kier alpha value is -10.9. The first-order valence-corrected chi connectivity index (χ1v) is 30.7.